The maximum atomic E-state index is 13.8. The SMILES string of the molecule is CCCCCCCC/C=C\CCCCCCCCN1C(=O)C(c2ccccc2)(c2ccccc2)NC1=S. The van der Waals surface area contributed by atoms with Crippen LogP contribution < -0.4 is 5.32 Å². The van der Waals surface area contributed by atoms with E-state index in [4.69, 9.17) is 12.2 Å². The zero-order valence-electron chi connectivity index (χ0n) is 22.8. The molecule has 1 amide bonds. The minimum absolute atomic E-state index is 0.0302. The van der Waals surface area contributed by atoms with Gasteiger partial charge in [-0.25, -0.2) is 0 Å². The lowest BCUT2D eigenvalue weighted by Crippen LogP contribution is -2.45. The number of benzene rings is 2. The van der Waals surface area contributed by atoms with Crippen molar-refractivity contribution in [2.75, 3.05) is 6.54 Å². The molecule has 1 saturated heterocycles. The molecule has 1 aliphatic heterocycles. The number of thiocarbonyl (C=S) groups is 1. The Morgan fingerprint density at radius 3 is 1.68 bits per heavy atom. The second-order valence-corrected chi connectivity index (χ2v) is 10.7. The van der Waals surface area contributed by atoms with Crippen LogP contribution in [0.25, 0.3) is 0 Å². The molecule has 1 aliphatic rings. The summed E-state index contributed by atoms with van der Waals surface area (Å²) in [4.78, 5) is 15.6. The van der Waals surface area contributed by atoms with Gasteiger partial charge in [-0.3, -0.25) is 9.69 Å². The van der Waals surface area contributed by atoms with Crippen molar-refractivity contribution < 1.29 is 4.79 Å². The van der Waals surface area contributed by atoms with Crippen molar-refractivity contribution in [1.82, 2.24) is 10.2 Å². The number of unbranched alkanes of at least 4 members (excludes halogenated alkanes) is 12. The molecular weight excluding hydrogens is 472 g/mol. The highest BCUT2D eigenvalue weighted by molar-refractivity contribution is 7.80. The van der Waals surface area contributed by atoms with Gasteiger partial charge in [0.2, 0.25) is 0 Å². The number of carbonyl (C=O) groups is 1. The van der Waals surface area contributed by atoms with Gasteiger partial charge in [-0.15, -0.1) is 0 Å². The summed E-state index contributed by atoms with van der Waals surface area (Å²) in [5.74, 6) is 0.0302. The smallest absolute Gasteiger partial charge is 0.263 e. The van der Waals surface area contributed by atoms with Crippen molar-refractivity contribution in [3.8, 4) is 0 Å². The summed E-state index contributed by atoms with van der Waals surface area (Å²) in [6.45, 7) is 2.95. The lowest BCUT2D eigenvalue weighted by atomic mass is 9.82. The molecule has 0 aliphatic carbocycles. The van der Waals surface area contributed by atoms with Crippen molar-refractivity contribution in [3.63, 3.8) is 0 Å². The molecule has 2 aromatic rings. The van der Waals surface area contributed by atoms with Gasteiger partial charge in [0.15, 0.2) is 10.7 Å². The van der Waals surface area contributed by atoms with Crippen molar-refractivity contribution in [1.29, 1.82) is 0 Å². The standard InChI is InChI=1S/C33H46N2OS/c1-2-3-4-5-6-7-8-9-10-11-12-13-14-15-16-23-28-35-31(36)33(34-32(35)37,29-24-19-17-20-25-29)30-26-21-18-22-27-30/h9-10,17-22,24-27H,2-8,11-16,23,28H2,1H3,(H,34,37)/b10-9-. The van der Waals surface area contributed by atoms with Crippen LogP contribution in [0.2, 0.25) is 0 Å². The molecule has 3 nitrogen and oxygen atoms in total. The van der Waals surface area contributed by atoms with Crippen LogP contribution in [-0.4, -0.2) is 22.5 Å². The maximum Gasteiger partial charge on any atom is 0.263 e. The topological polar surface area (TPSA) is 32.3 Å². The summed E-state index contributed by atoms with van der Waals surface area (Å²) >= 11 is 5.66. The molecule has 4 heteroatoms. The molecule has 3 rings (SSSR count). The Bertz CT molecular complexity index is 917. The molecule has 0 saturated carbocycles. The monoisotopic (exact) mass is 518 g/mol. The first-order valence-electron chi connectivity index (χ1n) is 14.6. The number of hydrogen-bond donors (Lipinski definition) is 1. The molecule has 37 heavy (non-hydrogen) atoms. The van der Waals surface area contributed by atoms with E-state index in [1.165, 1.54) is 77.0 Å². The van der Waals surface area contributed by atoms with Crippen LogP contribution in [0, 0.1) is 0 Å². The average Bonchev–Trinajstić information content (AvgIpc) is 3.19. The maximum absolute atomic E-state index is 13.8. The Hall–Kier alpha value is -2.46. The van der Waals surface area contributed by atoms with Crippen LogP contribution in [0.3, 0.4) is 0 Å². The van der Waals surface area contributed by atoms with Crippen molar-refractivity contribution in [2.24, 2.45) is 0 Å². The van der Waals surface area contributed by atoms with Gasteiger partial charge in [0.25, 0.3) is 5.91 Å². The van der Waals surface area contributed by atoms with E-state index in [1.807, 2.05) is 60.7 Å². The Morgan fingerprint density at radius 1 is 0.703 bits per heavy atom. The summed E-state index contributed by atoms with van der Waals surface area (Å²) in [7, 11) is 0. The Balaban J connectivity index is 1.34. The predicted molar refractivity (Wildman–Crippen MR) is 161 cm³/mol. The largest absolute Gasteiger partial charge is 0.341 e. The summed E-state index contributed by atoms with van der Waals surface area (Å²) in [5, 5.41) is 3.94. The molecule has 0 bridgehead atoms. The molecule has 200 valence electrons. The van der Waals surface area contributed by atoms with Gasteiger partial charge in [-0.05, 0) is 55.4 Å². The highest BCUT2D eigenvalue weighted by Crippen LogP contribution is 2.36. The van der Waals surface area contributed by atoms with Crippen molar-refractivity contribution in [3.05, 3.63) is 83.9 Å². The lowest BCUT2D eigenvalue weighted by Gasteiger charge is -2.28. The second-order valence-electron chi connectivity index (χ2n) is 10.3. The van der Waals surface area contributed by atoms with E-state index in [2.05, 4.69) is 24.4 Å². The predicted octanol–water partition coefficient (Wildman–Crippen LogP) is 8.68. The van der Waals surface area contributed by atoms with E-state index in [1.54, 1.807) is 4.90 Å². The third-order valence-electron chi connectivity index (χ3n) is 7.41. The van der Waals surface area contributed by atoms with Gasteiger partial charge in [0, 0.05) is 6.54 Å². The minimum atomic E-state index is -0.942. The highest BCUT2D eigenvalue weighted by Gasteiger charge is 2.51. The lowest BCUT2D eigenvalue weighted by molar-refractivity contribution is -0.130. The Kier molecular flexibility index (Phi) is 12.9. The van der Waals surface area contributed by atoms with Crippen LogP contribution in [0.15, 0.2) is 72.8 Å². The third-order valence-corrected chi connectivity index (χ3v) is 7.74. The van der Waals surface area contributed by atoms with Gasteiger partial charge >= 0.3 is 0 Å². The van der Waals surface area contributed by atoms with Gasteiger partial charge in [-0.1, -0.05) is 138 Å². The number of rotatable bonds is 18. The summed E-state index contributed by atoms with van der Waals surface area (Å²) in [5.41, 5.74) is 0.913. The summed E-state index contributed by atoms with van der Waals surface area (Å²) in [6.07, 6.45) is 22.6. The minimum Gasteiger partial charge on any atom is -0.341 e. The fourth-order valence-corrected chi connectivity index (χ4v) is 5.56. The van der Waals surface area contributed by atoms with E-state index >= 15 is 0 Å². The fraction of sp³-hybridized carbons (Fsp3) is 0.515. The number of hydrogen-bond acceptors (Lipinski definition) is 2. The summed E-state index contributed by atoms with van der Waals surface area (Å²) < 4.78 is 0. The van der Waals surface area contributed by atoms with Crippen molar-refractivity contribution in [2.45, 2.75) is 102 Å². The van der Waals surface area contributed by atoms with Crippen LogP contribution in [-0.2, 0) is 10.3 Å². The third kappa shape index (κ3) is 8.53. The zero-order chi connectivity index (χ0) is 26.2. The molecule has 0 radical (unpaired) electrons. The number of carbonyl (C=O) groups excluding carboxylic acids is 1. The first-order chi connectivity index (χ1) is 18.2. The highest BCUT2D eigenvalue weighted by atomic mass is 32.1. The second kappa shape index (κ2) is 16.4. The van der Waals surface area contributed by atoms with E-state index in [0.717, 1.165) is 24.0 Å². The van der Waals surface area contributed by atoms with Gasteiger partial charge in [0.05, 0.1) is 0 Å². The van der Waals surface area contributed by atoms with Crippen LogP contribution in [0.4, 0.5) is 0 Å². The molecule has 2 aromatic carbocycles. The quantitative estimate of drug-likeness (QED) is 0.122. The van der Waals surface area contributed by atoms with E-state index in [0.29, 0.717) is 11.7 Å². The van der Waals surface area contributed by atoms with Gasteiger partial charge in [0.1, 0.15) is 0 Å². The molecule has 0 atom stereocenters. The molecule has 0 unspecified atom stereocenters. The van der Waals surface area contributed by atoms with E-state index in [-0.39, 0.29) is 5.91 Å². The van der Waals surface area contributed by atoms with E-state index < -0.39 is 5.54 Å². The Morgan fingerprint density at radius 2 is 1.16 bits per heavy atom. The fourth-order valence-electron chi connectivity index (χ4n) is 5.23. The van der Waals surface area contributed by atoms with E-state index in [9.17, 15) is 4.79 Å². The van der Waals surface area contributed by atoms with Gasteiger partial charge in [-0.2, -0.15) is 0 Å². The zero-order valence-corrected chi connectivity index (χ0v) is 23.6. The Labute approximate surface area is 230 Å². The number of nitrogens with zero attached hydrogens (tertiary/aromatic N) is 1. The normalized spacial score (nSPS) is 15.0. The average molecular weight is 519 g/mol. The van der Waals surface area contributed by atoms with Crippen molar-refractivity contribution >= 4 is 23.2 Å². The van der Waals surface area contributed by atoms with Crippen LogP contribution in [0.1, 0.15) is 108 Å². The van der Waals surface area contributed by atoms with Gasteiger partial charge < -0.3 is 5.32 Å². The molecule has 1 N–H and O–H groups in total. The number of allylic oxidation sites excluding steroid dienone is 2. The first kappa shape index (κ1) is 29.1. The molecule has 0 spiro atoms. The van der Waals surface area contributed by atoms with Crippen LogP contribution >= 0.6 is 12.2 Å². The summed E-state index contributed by atoms with van der Waals surface area (Å²) in [6, 6.07) is 19.9. The molecule has 0 aromatic heterocycles. The number of amides is 1. The molecule has 1 fully saturated rings. The first-order valence-corrected chi connectivity index (χ1v) is 15.0. The number of nitrogens with one attached hydrogen (secondary N) is 1. The van der Waals surface area contributed by atoms with Crippen LogP contribution in [0.5, 0.6) is 0 Å². The molecular formula is C33H46N2OS. The molecule has 1 heterocycles.